The Bertz CT molecular complexity index is 519. The average Bonchev–Trinajstić information content (AvgIpc) is 3.31. The Balaban J connectivity index is 1.60. The molecule has 1 saturated carbocycles. The van der Waals surface area contributed by atoms with Gasteiger partial charge in [0, 0.05) is 44.0 Å². The quantitative estimate of drug-likeness (QED) is 0.650. The van der Waals surface area contributed by atoms with Gasteiger partial charge in [-0.1, -0.05) is 0 Å². The number of hydrazine groups is 1. The van der Waals surface area contributed by atoms with Crippen LogP contribution in [-0.4, -0.2) is 48.4 Å². The van der Waals surface area contributed by atoms with E-state index in [1.54, 1.807) is 0 Å². The fourth-order valence-electron chi connectivity index (χ4n) is 2.96. The number of nitrogen functional groups attached to an aromatic ring is 1. The van der Waals surface area contributed by atoms with E-state index in [1.165, 1.54) is 19.4 Å². The molecule has 0 atom stereocenters. The van der Waals surface area contributed by atoms with Crippen LogP contribution in [0.5, 0.6) is 0 Å². The zero-order valence-corrected chi connectivity index (χ0v) is 12.6. The van der Waals surface area contributed by atoms with Crippen molar-refractivity contribution in [3.63, 3.8) is 0 Å². The second kappa shape index (κ2) is 6.03. The van der Waals surface area contributed by atoms with Gasteiger partial charge in [-0.05, 0) is 49.4 Å². The Morgan fingerprint density at radius 1 is 1.29 bits per heavy atom. The van der Waals surface area contributed by atoms with Crippen LogP contribution in [-0.2, 0) is 0 Å². The van der Waals surface area contributed by atoms with Crippen LogP contribution < -0.4 is 11.3 Å². The van der Waals surface area contributed by atoms with Crippen molar-refractivity contribution in [3.05, 3.63) is 29.3 Å². The van der Waals surface area contributed by atoms with Crippen LogP contribution in [0.3, 0.4) is 0 Å². The first-order valence-electron chi connectivity index (χ1n) is 7.76. The molecular weight excluding hydrogens is 264 g/mol. The van der Waals surface area contributed by atoms with E-state index in [-0.39, 0.29) is 5.91 Å². The monoisotopic (exact) mass is 288 g/mol. The van der Waals surface area contributed by atoms with Crippen molar-refractivity contribution in [2.45, 2.75) is 19.8 Å². The summed E-state index contributed by atoms with van der Waals surface area (Å²) in [5.41, 5.74) is 5.19. The van der Waals surface area contributed by atoms with E-state index in [4.69, 9.17) is 5.84 Å². The maximum absolute atomic E-state index is 12.6. The Morgan fingerprint density at radius 2 is 2.00 bits per heavy atom. The van der Waals surface area contributed by atoms with E-state index in [0.29, 0.717) is 0 Å². The Kier molecular flexibility index (Phi) is 4.12. The molecule has 1 aliphatic heterocycles. The first-order valence-corrected chi connectivity index (χ1v) is 7.76. The molecule has 3 rings (SSSR count). The average molecular weight is 288 g/mol. The molecule has 0 bridgehead atoms. The van der Waals surface area contributed by atoms with Crippen LogP contribution in [0.1, 0.15) is 28.8 Å². The number of benzene rings is 1. The van der Waals surface area contributed by atoms with Crippen molar-refractivity contribution in [2.75, 3.05) is 38.1 Å². The largest absolute Gasteiger partial charge is 0.336 e. The maximum Gasteiger partial charge on any atom is 0.254 e. The van der Waals surface area contributed by atoms with Crippen LogP contribution in [0.4, 0.5) is 5.69 Å². The molecule has 1 saturated heterocycles. The number of rotatable bonds is 4. The van der Waals surface area contributed by atoms with Gasteiger partial charge in [0.25, 0.3) is 5.91 Å². The molecule has 2 aliphatic rings. The minimum absolute atomic E-state index is 0.141. The number of nitrogens with zero attached hydrogens (tertiary/aromatic N) is 2. The Morgan fingerprint density at radius 3 is 2.57 bits per heavy atom. The van der Waals surface area contributed by atoms with Gasteiger partial charge < -0.3 is 10.3 Å². The lowest BCUT2D eigenvalue weighted by Gasteiger charge is -2.35. The zero-order chi connectivity index (χ0) is 14.8. The normalized spacial score (nSPS) is 19.6. The number of carbonyl (C=O) groups excluding carboxylic acids is 1. The van der Waals surface area contributed by atoms with Crippen LogP contribution in [0.15, 0.2) is 18.2 Å². The van der Waals surface area contributed by atoms with E-state index < -0.39 is 0 Å². The topological polar surface area (TPSA) is 61.6 Å². The highest BCUT2D eigenvalue weighted by atomic mass is 16.2. The third-order valence-electron chi connectivity index (χ3n) is 4.50. The molecule has 1 amide bonds. The van der Waals surface area contributed by atoms with E-state index in [2.05, 4.69) is 10.3 Å². The van der Waals surface area contributed by atoms with Crippen molar-refractivity contribution in [1.82, 2.24) is 9.80 Å². The second-order valence-electron chi connectivity index (χ2n) is 6.21. The molecule has 0 radical (unpaired) electrons. The minimum Gasteiger partial charge on any atom is -0.336 e. The number of nitrogens with two attached hydrogens (primary N) is 1. The third kappa shape index (κ3) is 3.36. The molecule has 5 nitrogen and oxygen atoms in total. The van der Waals surface area contributed by atoms with Gasteiger partial charge in [-0.25, -0.2) is 0 Å². The molecule has 1 aliphatic carbocycles. The molecule has 1 aromatic carbocycles. The van der Waals surface area contributed by atoms with Gasteiger partial charge >= 0.3 is 0 Å². The number of piperazine rings is 1. The molecule has 114 valence electrons. The Hall–Kier alpha value is -1.59. The van der Waals surface area contributed by atoms with Crippen LogP contribution in [0, 0.1) is 12.8 Å². The molecule has 0 spiro atoms. The molecule has 3 N–H and O–H groups in total. The molecule has 0 aromatic heterocycles. The summed E-state index contributed by atoms with van der Waals surface area (Å²) in [4.78, 5) is 17.1. The lowest BCUT2D eigenvalue weighted by atomic mass is 10.1. The summed E-state index contributed by atoms with van der Waals surface area (Å²) in [6, 6.07) is 5.63. The van der Waals surface area contributed by atoms with Crippen LogP contribution >= 0.6 is 0 Å². The van der Waals surface area contributed by atoms with Gasteiger partial charge in [-0.2, -0.15) is 0 Å². The lowest BCUT2D eigenvalue weighted by molar-refractivity contribution is 0.0631. The van der Waals surface area contributed by atoms with Crippen molar-refractivity contribution in [3.8, 4) is 0 Å². The van der Waals surface area contributed by atoms with Gasteiger partial charge in [0.1, 0.15) is 0 Å². The first kappa shape index (κ1) is 14.4. The molecular formula is C16H24N4O. The van der Waals surface area contributed by atoms with E-state index in [1.807, 2.05) is 30.0 Å². The fraction of sp³-hybridized carbons (Fsp3) is 0.562. The van der Waals surface area contributed by atoms with E-state index in [0.717, 1.165) is 48.9 Å². The van der Waals surface area contributed by atoms with Crippen molar-refractivity contribution in [1.29, 1.82) is 0 Å². The van der Waals surface area contributed by atoms with Crippen LogP contribution in [0.25, 0.3) is 0 Å². The Labute approximate surface area is 126 Å². The number of carbonyl (C=O) groups is 1. The summed E-state index contributed by atoms with van der Waals surface area (Å²) in [6.07, 6.45) is 2.78. The summed E-state index contributed by atoms with van der Waals surface area (Å²) in [5, 5.41) is 0. The number of anilines is 1. The van der Waals surface area contributed by atoms with Gasteiger partial charge in [-0.15, -0.1) is 0 Å². The fourth-order valence-corrected chi connectivity index (χ4v) is 2.96. The van der Waals surface area contributed by atoms with E-state index >= 15 is 0 Å². The summed E-state index contributed by atoms with van der Waals surface area (Å²) in [7, 11) is 0. The highest BCUT2D eigenvalue weighted by Gasteiger charge is 2.28. The summed E-state index contributed by atoms with van der Waals surface area (Å²) >= 11 is 0. The summed E-state index contributed by atoms with van der Waals surface area (Å²) < 4.78 is 0. The van der Waals surface area contributed by atoms with Crippen molar-refractivity contribution >= 4 is 11.6 Å². The molecule has 5 heteroatoms. The van der Waals surface area contributed by atoms with Gasteiger partial charge in [-0.3, -0.25) is 15.5 Å². The van der Waals surface area contributed by atoms with Gasteiger partial charge in [0.2, 0.25) is 0 Å². The number of hydrogen-bond acceptors (Lipinski definition) is 4. The number of hydrogen-bond donors (Lipinski definition) is 2. The SMILES string of the molecule is Cc1cc(NN)ccc1C(=O)N1CCN(CC2CC2)CC1. The predicted molar refractivity (Wildman–Crippen MR) is 84.1 cm³/mol. The summed E-state index contributed by atoms with van der Waals surface area (Å²) in [6.45, 7) is 6.85. The van der Waals surface area contributed by atoms with Crippen LogP contribution in [0.2, 0.25) is 0 Å². The number of aryl methyl sites for hydroxylation is 1. The molecule has 2 fully saturated rings. The molecule has 1 aromatic rings. The van der Waals surface area contributed by atoms with Crippen molar-refractivity contribution < 1.29 is 4.79 Å². The predicted octanol–water partition coefficient (Wildman–Crippen LogP) is 1.45. The maximum atomic E-state index is 12.6. The second-order valence-corrected chi connectivity index (χ2v) is 6.21. The molecule has 0 unspecified atom stereocenters. The zero-order valence-electron chi connectivity index (χ0n) is 12.6. The smallest absolute Gasteiger partial charge is 0.254 e. The molecule has 1 heterocycles. The lowest BCUT2D eigenvalue weighted by Crippen LogP contribution is -2.49. The number of amides is 1. The number of nitrogens with one attached hydrogen (secondary N) is 1. The van der Waals surface area contributed by atoms with Gasteiger partial charge in [0.15, 0.2) is 0 Å². The standard InChI is InChI=1S/C16H24N4O/c1-12-10-14(18-17)4-5-15(12)16(21)20-8-6-19(7-9-20)11-13-2-3-13/h4-5,10,13,18H,2-3,6-9,11,17H2,1H3. The first-order chi connectivity index (χ1) is 10.2. The van der Waals surface area contributed by atoms with E-state index in [9.17, 15) is 4.79 Å². The highest BCUT2D eigenvalue weighted by Crippen LogP contribution is 2.30. The summed E-state index contributed by atoms with van der Waals surface area (Å²) in [5.74, 6) is 6.46. The van der Waals surface area contributed by atoms with Gasteiger partial charge in [0.05, 0.1) is 0 Å². The van der Waals surface area contributed by atoms with Crippen molar-refractivity contribution in [2.24, 2.45) is 11.8 Å². The highest BCUT2D eigenvalue weighted by molar-refractivity contribution is 5.96. The minimum atomic E-state index is 0.141. The third-order valence-corrected chi connectivity index (χ3v) is 4.50. The molecule has 21 heavy (non-hydrogen) atoms.